The van der Waals surface area contributed by atoms with Crippen LogP contribution in [0.25, 0.3) is 11.3 Å². The zero-order valence-electron chi connectivity index (χ0n) is 16.3. The van der Waals surface area contributed by atoms with Gasteiger partial charge < -0.3 is 5.32 Å². The summed E-state index contributed by atoms with van der Waals surface area (Å²) in [4.78, 5) is 2.47. The average Bonchev–Trinajstić information content (AvgIpc) is 3.00. The Labute approximate surface area is 173 Å². The van der Waals surface area contributed by atoms with E-state index in [1.165, 1.54) is 23.9 Å². The number of anilines is 1. The number of likely N-dealkylation sites (tertiary alicyclic amines) is 1. The number of aromatic nitrogens is 4. The van der Waals surface area contributed by atoms with Gasteiger partial charge in [0.15, 0.2) is 0 Å². The number of nitrogens with zero attached hydrogens (tertiary/aromatic N) is 5. The van der Waals surface area contributed by atoms with Crippen molar-refractivity contribution in [1.82, 2.24) is 24.9 Å². The first-order valence-electron chi connectivity index (χ1n) is 9.75. The van der Waals surface area contributed by atoms with E-state index >= 15 is 0 Å². The summed E-state index contributed by atoms with van der Waals surface area (Å²) in [6.07, 6.45) is 0. The molecular weight excluding hydrogens is 391 g/mol. The lowest BCUT2D eigenvalue weighted by Crippen LogP contribution is -2.28. The second kappa shape index (κ2) is 7.07. The molecule has 0 spiro atoms. The minimum Gasteiger partial charge on any atom is -0.365 e. The second-order valence-corrected chi connectivity index (χ2v) is 8.43. The Morgan fingerprint density at radius 1 is 1.14 bits per heavy atom. The molecule has 3 atom stereocenters. The molecule has 1 N–H and O–H groups in total. The van der Waals surface area contributed by atoms with Crippen LogP contribution in [0.15, 0.2) is 36.4 Å². The fraction of sp³-hybridized carbons (Fsp3) is 0.381. The van der Waals surface area contributed by atoms with Gasteiger partial charge in [-0.2, -0.15) is 5.10 Å². The summed E-state index contributed by atoms with van der Waals surface area (Å²) in [5, 5.41) is 17.0. The van der Waals surface area contributed by atoms with Crippen LogP contribution >= 0.6 is 11.6 Å². The molecule has 3 aromatic rings. The van der Waals surface area contributed by atoms with Gasteiger partial charge in [-0.1, -0.05) is 11.6 Å². The molecule has 1 saturated heterocycles. The lowest BCUT2D eigenvalue weighted by Gasteiger charge is -2.18. The van der Waals surface area contributed by atoms with E-state index < -0.39 is 0 Å². The second-order valence-electron chi connectivity index (χ2n) is 8.02. The van der Waals surface area contributed by atoms with Crippen LogP contribution in [0.2, 0.25) is 5.02 Å². The van der Waals surface area contributed by atoms with E-state index in [0.717, 1.165) is 31.1 Å². The first-order valence-corrected chi connectivity index (χ1v) is 10.1. The molecule has 0 amide bonds. The molecule has 0 unspecified atom stereocenters. The van der Waals surface area contributed by atoms with Crippen LogP contribution in [0, 0.1) is 24.6 Å². The van der Waals surface area contributed by atoms with Crippen LogP contribution in [0.1, 0.15) is 11.4 Å². The summed E-state index contributed by atoms with van der Waals surface area (Å²) in [5.74, 6) is 1.68. The van der Waals surface area contributed by atoms with Crippen molar-refractivity contribution < 1.29 is 4.39 Å². The molecule has 1 aliphatic carbocycles. The van der Waals surface area contributed by atoms with Crippen LogP contribution in [-0.2, 0) is 13.6 Å². The zero-order valence-corrected chi connectivity index (χ0v) is 17.1. The molecule has 3 heterocycles. The van der Waals surface area contributed by atoms with E-state index in [0.29, 0.717) is 34.2 Å². The number of hydrogen-bond acceptors (Lipinski definition) is 5. The third-order valence-electron chi connectivity index (χ3n) is 6.00. The molecule has 2 aromatic heterocycles. The number of rotatable bonds is 5. The fourth-order valence-electron chi connectivity index (χ4n) is 4.32. The summed E-state index contributed by atoms with van der Waals surface area (Å²) in [7, 11) is 1.98. The van der Waals surface area contributed by atoms with Crippen molar-refractivity contribution in [2.45, 2.75) is 19.5 Å². The van der Waals surface area contributed by atoms with E-state index in [1.54, 1.807) is 0 Å². The number of piperidine rings is 1. The lowest BCUT2D eigenvalue weighted by atomic mass is 10.1. The van der Waals surface area contributed by atoms with Gasteiger partial charge in [0.2, 0.25) is 0 Å². The predicted octanol–water partition coefficient (Wildman–Crippen LogP) is 3.52. The van der Waals surface area contributed by atoms with Crippen LogP contribution < -0.4 is 5.32 Å². The molecule has 1 saturated carbocycles. The van der Waals surface area contributed by atoms with Gasteiger partial charge in [0.25, 0.3) is 0 Å². The Balaban J connectivity index is 1.18. The minimum atomic E-state index is -0.343. The van der Waals surface area contributed by atoms with Crippen molar-refractivity contribution in [3.63, 3.8) is 0 Å². The molecule has 6 nitrogen and oxygen atoms in total. The quantitative estimate of drug-likeness (QED) is 0.694. The molecule has 150 valence electrons. The van der Waals surface area contributed by atoms with Gasteiger partial charge in [0, 0.05) is 44.0 Å². The minimum absolute atomic E-state index is 0.343. The van der Waals surface area contributed by atoms with Gasteiger partial charge in [-0.3, -0.25) is 9.58 Å². The maximum atomic E-state index is 13.5. The summed E-state index contributed by atoms with van der Waals surface area (Å²) in [5.41, 5.74) is 3.43. The smallest absolute Gasteiger partial charge is 0.148 e. The molecule has 2 fully saturated rings. The van der Waals surface area contributed by atoms with Crippen molar-refractivity contribution in [1.29, 1.82) is 0 Å². The largest absolute Gasteiger partial charge is 0.365 e. The highest BCUT2D eigenvalue weighted by Crippen LogP contribution is 2.47. The molecular formula is C21H22ClFN6. The number of hydrogen-bond donors (Lipinski definition) is 1. The van der Waals surface area contributed by atoms with Gasteiger partial charge in [0.05, 0.1) is 16.4 Å². The fourth-order valence-corrected chi connectivity index (χ4v) is 4.53. The molecule has 1 aromatic carbocycles. The van der Waals surface area contributed by atoms with E-state index in [-0.39, 0.29) is 5.82 Å². The van der Waals surface area contributed by atoms with E-state index in [4.69, 9.17) is 11.6 Å². The number of nitrogens with one attached hydrogen (secondary N) is 1. The van der Waals surface area contributed by atoms with Gasteiger partial charge in [-0.05, 0) is 55.2 Å². The van der Waals surface area contributed by atoms with Crippen molar-refractivity contribution in [3.05, 3.63) is 58.6 Å². The predicted molar refractivity (Wildman–Crippen MR) is 110 cm³/mol. The molecule has 0 radical (unpaired) electrons. The molecule has 2 aliphatic rings. The normalized spacial score (nSPS) is 23.2. The van der Waals surface area contributed by atoms with Gasteiger partial charge in [-0.15, -0.1) is 10.2 Å². The lowest BCUT2D eigenvalue weighted by molar-refractivity contribution is 0.288. The van der Waals surface area contributed by atoms with Crippen LogP contribution in [-0.4, -0.2) is 44.0 Å². The van der Waals surface area contributed by atoms with Gasteiger partial charge in [-0.25, -0.2) is 4.39 Å². The highest BCUT2D eigenvalue weighted by atomic mass is 35.5. The molecule has 0 bridgehead atoms. The molecule has 5 rings (SSSR count). The van der Waals surface area contributed by atoms with E-state index in [1.807, 2.05) is 23.9 Å². The van der Waals surface area contributed by atoms with Crippen LogP contribution in [0.5, 0.6) is 0 Å². The Morgan fingerprint density at radius 3 is 2.59 bits per heavy atom. The molecule has 1 aliphatic heterocycles. The highest BCUT2D eigenvalue weighted by Gasteiger charge is 2.55. The summed E-state index contributed by atoms with van der Waals surface area (Å²) in [6, 6.07) is 10.5. The standard InChI is InChI=1S/C21H22ClFN6/c1-12-7-14(27-28(12)2)9-29-10-16-17(11-29)21(16)24-20-6-5-19(25-26-20)15-8-13(23)3-4-18(15)22/h3-8,16-17,21H,9-11H2,1-2H3,(H,24,26)/t16-,17+,21-. The van der Waals surface area contributed by atoms with Gasteiger partial charge >= 0.3 is 0 Å². The maximum Gasteiger partial charge on any atom is 0.148 e. The van der Waals surface area contributed by atoms with Crippen LogP contribution in [0.3, 0.4) is 0 Å². The number of halogens is 2. The third-order valence-corrected chi connectivity index (χ3v) is 6.33. The Morgan fingerprint density at radius 2 is 1.93 bits per heavy atom. The summed E-state index contributed by atoms with van der Waals surface area (Å²) < 4.78 is 15.4. The van der Waals surface area contributed by atoms with Crippen molar-refractivity contribution in [2.75, 3.05) is 18.4 Å². The zero-order chi connectivity index (χ0) is 20.1. The molecule has 29 heavy (non-hydrogen) atoms. The Hall–Kier alpha value is -2.51. The third kappa shape index (κ3) is 3.60. The average molecular weight is 413 g/mol. The van der Waals surface area contributed by atoms with Crippen molar-refractivity contribution in [2.24, 2.45) is 18.9 Å². The number of benzene rings is 1. The van der Waals surface area contributed by atoms with Crippen LogP contribution in [0.4, 0.5) is 10.2 Å². The monoisotopic (exact) mass is 412 g/mol. The Kier molecular flexibility index (Phi) is 4.52. The summed E-state index contributed by atoms with van der Waals surface area (Å²) in [6.45, 7) is 5.13. The van der Waals surface area contributed by atoms with E-state index in [2.05, 4.69) is 38.5 Å². The Bertz CT molecular complexity index is 1020. The maximum absolute atomic E-state index is 13.5. The van der Waals surface area contributed by atoms with Gasteiger partial charge in [0.1, 0.15) is 11.6 Å². The van der Waals surface area contributed by atoms with E-state index in [9.17, 15) is 4.39 Å². The first-order chi connectivity index (χ1) is 14.0. The molecule has 8 heteroatoms. The number of fused-ring (bicyclic) bond motifs is 1. The van der Waals surface area contributed by atoms with Crippen molar-refractivity contribution >= 4 is 17.4 Å². The number of aryl methyl sites for hydroxylation is 2. The summed E-state index contributed by atoms with van der Waals surface area (Å²) >= 11 is 6.15. The topological polar surface area (TPSA) is 58.9 Å². The highest BCUT2D eigenvalue weighted by molar-refractivity contribution is 6.33. The first kappa shape index (κ1) is 18.5. The van der Waals surface area contributed by atoms with Crippen molar-refractivity contribution in [3.8, 4) is 11.3 Å². The SMILES string of the molecule is Cc1cc(CN2C[C@@H]3[C@H](C2)[C@@H]3Nc2ccc(-c3cc(F)ccc3Cl)nn2)nn1C.